The summed E-state index contributed by atoms with van der Waals surface area (Å²) >= 11 is 0. The Balaban J connectivity index is 2.14. The van der Waals surface area contributed by atoms with Gasteiger partial charge >= 0.3 is 0 Å². The van der Waals surface area contributed by atoms with E-state index >= 15 is 0 Å². The standard InChI is InChI=1S/C15H24N2O/c1-12(16)15(2,3)13-4-6-14(7-5-13)17-8-10-18-11-9-17/h4-7,12H,8-11,16H2,1-3H3. The topological polar surface area (TPSA) is 38.5 Å². The van der Waals surface area contributed by atoms with E-state index in [0.717, 1.165) is 26.3 Å². The van der Waals surface area contributed by atoms with E-state index in [2.05, 4.69) is 49.9 Å². The normalized spacial score (nSPS) is 18.8. The number of morpholine rings is 1. The molecule has 0 saturated carbocycles. The minimum atomic E-state index is 0.0174. The number of nitrogens with two attached hydrogens (primary N) is 1. The van der Waals surface area contributed by atoms with Gasteiger partial charge in [-0.2, -0.15) is 0 Å². The maximum atomic E-state index is 6.06. The molecule has 3 nitrogen and oxygen atoms in total. The molecule has 1 fully saturated rings. The third kappa shape index (κ3) is 2.68. The van der Waals surface area contributed by atoms with Crippen LogP contribution in [0.25, 0.3) is 0 Å². The molecule has 0 radical (unpaired) electrons. The van der Waals surface area contributed by atoms with E-state index in [1.807, 2.05) is 0 Å². The Morgan fingerprint density at radius 3 is 2.22 bits per heavy atom. The van der Waals surface area contributed by atoms with Crippen molar-refractivity contribution < 1.29 is 4.74 Å². The first-order chi connectivity index (χ1) is 8.51. The number of nitrogens with zero attached hydrogens (tertiary/aromatic N) is 1. The van der Waals surface area contributed by atoms with Gasteiger partial charge in [0.25, 0.3) is 0 Å². The molecule has 0 bridgehead atoms. The molecule has 1 aromatic carbocycles. The van der Waals surface area contributed by atoms with Crippen molar-refractivity contribution in [2.45, 2.75) is 32.2 Å². The Hall–Kier alpha value is -1.06. The highest BCUT2D eigenvalue weighted by Crippen LogP contribution is 2.28. The van der Waals surface area contributed by atoms with Crippen LogP contribution in [0, 0.1) is 0 Å². The van der Waals surface area contributed by atoms with Crippen LogP contribution in [0.15, 0.2) is 24.3 Å². The lowest BCUT2D eigenvalue weighted by molar-refractivity contribution is 0.122. The van der Waals surface area contributed by atoms with Gasteiger partial charge in [-0.05, 0) is 24.6 Å². The molecule has 1 atom stereocenters. The van der Waals surface area contributed by atoms with Crippen LogP contribution in [0.4, 0.5) is 5.69 Å². The zero-order chi connectivity index (χ0) is 13.2. The second kappa shape index (κ2) is 5.29. The van der Waals surface area contributed by atoms with E-state index in [-0.39, 0.29) is 11.5 Å². The first-order valence-electron chi connectivity index (χ1n) is 6.70. The highest BCUT2D eigenvalue weighted by molar-refractivity contribution is 5.49. The van der Waals surface area contributed by atoms with Crippen LogP contribution in [0.3, 0.4) is 0 Å². The summed E-state index contributed by atoms with van der Waals surface area (Å²) in [7, 11) is 0. The number of benzene rings is 1. The van der Waals surface area contributed by atoms with Crippen molar-refractivity contribution in [2.75, 3.05) is 31.2 Å². The molecule has 100 valence electrons. The third-order valence-electron chi connectivity index (χ3n) is 4.13. The van der Waals surface area contributed by atoms with Gasteiger partial charge in [0.1, 0.15) is 0 Å². The van der Waals surface area contributed by atoms with Gasteiger partial charge in [0.2, 0.25) is 0 Å². The van der Waals surface area contributed by atoms with Gasteiger partial charge in [-0.25, -0.2) is 0 Å². The lowest BCUT2D eigenvalue weighted by Gasteiger charge is -2.32. The van der Waals surface area contributed by atoms with Crippen molar-refractivity contribution in [3.05, 3.63) is 29.8 Å². The van der Waals surface area contributed by atoms with Gasteiger partial charge < -0.3 is 15.4 Å². The molecule has 18 heavy (non-hydrogen) atoms. The van der Waals surface area contributed by atoms with Gasteiger partial charge in [-0.1, -0.05) is 26.0 Å². The number of rotatable bonds is 3. The Kier molecular flexibility index (Phi) is 3.93. The molecule has 2 rings (SSSR count). The maximum absolute atomic E-state index is 6.06. The second-order valence-corrected chi connectivity index (χ2v) is 5.66. The summed E-state index contributed by atoms with van der Waals surface area (Å²) in [4.78, 5) is 2.37. The lowest BCUT2D eigenvalue weighted by atomic mass is 9.79. The van der Waals surface area contributed by atoms with Gasteiger partial charge in [0.05, 0.1) is 13.2 Å². The van der Waals surface area contributed by atoms with E-state index in [9.17, 15) is 0 Å². The summed E-state index contributed by atoms with van der Waals surface area (Å²) in [5.74, 6) is 0. The van der Waals surface area contributed by atoms with E-state index in [0.29, 0.717) is 0 Å². The fraction of sp³-hybridized carbons (Fsp3) is 0.600. The molecule has 1 aliphatic heterocycles. The van der Waals surface area contributed by atoms with Gasteiger partial charge in [-0.3, -0.25) is 0 Å². The Labute approximate surface area is 110 Å². The molecule has 3 heteroatoms. The average Bonchev–Trinajstić information content (AvgIpc) is 2.40. The molecular weight excluding hydrogens is 224 g/mol. The Morgan fingerprint density at radius 2 is 1.72 bits per heavy atom. The maximum Gasteiger partial charge on any atom is 0.0642 e. The summed E-state index contributed by atoms with van der Waals surface area (Å²) in [6, 6.07) is 8.95. The molecule has 1 unspecified atom stereocenters. The zero-order valence-electron chi connectivity index (χ0n) is 11.6. The van der Waals surface area contributed by atoms with Crippen molar-refractivity contribution in [1.29, 1.82) is 0 Å². The van der Waals surface area contributed by atoms with Crippen molar-refractivity contribution >= 4 is 5.69 Å². The molecule has 0 aromatic heterocycles. The first kappa shape index (κ1) is 13.4. The van der Waals surface area contributed by atoms with Gasteiger partial charge in [0.15, 0.2) is 0 Å². The highest BCUT2D eigenvalue weighted by Gasteiger charge is 2.25. The molecular formula is C15H24N2O. The summed E-state index contributed by atoms with van der Waals surface area (Å²) in [5.41, 5.74) is 8.65. The SMILES string of the molecule is CC(N)C(C)(C)c1ccc(N2CCOCC2)cc1. The van der Waals surface area contributed by atoms with Crippen LogP contribution in [-0.2, 0) is 10.2 Å². The molecule has 0 amide bonds. The minimum Gasteiger partial charge on any atom is -0.378 e. The summed E-state index contributed by atoms with van der Waals surface area (Å²) in [5, 5.41) is 0. The Morgan fingerprint density at radius 1 is 1.17 bits per heavy atom. The van der Waals surface area contributed by atoms with Crippen molar-refractivity contribution in [1.82, 2.24) is 0 Å². The third-order valence-corrected chi connectivity index (χ3v) is 4.13. The van der Waals surface area contributed by atoms with Crippen molar-refractivity contribution in [2.24, 2.45) is 5.73 Å². The smallest absolute Gasteiger partial charge is 0.0642 e. The number of hydrogen-bond acceptors (Lipinski definition) is 3. The van der Waals surface area contributed by atoms with Crippen LogP contribution in [-0.4, -0.2) is 32.3 Å². The fourth-order valence-electron chi connectivity index (χ4n) is 2.19. The lowest BCUT2D eigenvalue weighted by Crippen LogP contribution is -2.38. The molecule has 1 aliphatic rings. The summed E-state index contributed by atoms with van der Waals surface area (Å²) in [6.45, 7) is 10.1. The zero-order valence-corrected chi connectivity index (χ0v) is 11.6. The number of anilines is 1. The molecule has 0 spiro atoms. The minimum absolute atomic E-state index is 0.0174. The highest BCUT2D eigenvalue weighted by atomic mass is 16.5. The monoisotopic (exact) mass is 248 g/mol. The largest absolute Gasteiger partial charge is 0.378 e. The van der Waals surface area contributed by atoms with E-state index in [4.69, 9.17) is 10.5 Å². The van der Waals surface area contributed by atoms with Crippen LogP contribution in [0.2, 0.25) is 0 Å². The van der Waals surface area contributed by atoms with Crippen LogP contribution >= 0.6 is 0 Å². The quantitative estimate of drug-likeness (QED) is 0.890. The van der Waals surface area contributed by atoms with Crippen molar-refractivity contribution in [3.63, 3.8) is 0 Å². The predicted molar refractivity (Wildman–Crippen MR) is 76.1 cm³/mol. The van der Waals surface area contributed by atoms with Gasteiger partial charge in [0, 0.05) is 30.2 Å². The molecule has 1 heterocycles. The van der Waals surface area contributed by atoms with Crippen molar-refractivity contribution in [3.8, 4) is 0 Å². The fourth-order valence-corrected chi connectivity index (χ4v) is 2.19. The van der Waals surface area contributed by atoms with Crippen LogP contribution in [0.1, 0.15) is 26.3 Å². The molecule has 0 aliphatic carbocycles. The van der Waals surface area contributed by atoms with Gasteiger partial charge in [-0.15, -0.1) is 0 Å². The molecule has 2 N–H and O–H groups in total. The van der Waals surface area contributed by atoms with E-state index in [1.165, 1.54) is 11.3 Å². The number of hydrogen-bond donors (Lipinski definition) is 1. The summed E-state index contributed by atoms with van der Waals surface area (Å²) < 4.78 is 5.37. The summed E-state index contributed by atoms with van der Waals surface area (Å²) in [6.07, 6.45) is 0. The van der Waals surface area contributed by atoms with Crippen LogP contribution in [0.5, 0.6) is 0 Å². The predicted octanol–water partition coefficient (Wildman–Crippen LogP) is 2.15. The second-order valence-electron chi connectivity index (χ2n) is 5.66. The van der Waals surface area contributed by atoms with E-state index in [1.54, 1.807) is 0 Å². The Bertz CT molecular complexity index is 378. The van der Waals surface area contributed by atoms with E-state index < -0.39 is 0 Å². The molecule has 1 saturated heterocycles. The number of ether oxygens (including phenoxy) is 1. The average molecular weight is 248 g/mol. The van der Waals surface area contributed by atoms with Crippen LogP contribution < -0.4 is 10.6 Å². The molecule has 1 aromatic rings. The first-order valence-corrected chi connectivity index (χ1v) is 6.70.